The fourth-order valence-electron chi connectivity index (χ4n) is 3.35. The molecule has 6 nitrogen and oxygen atoms in total. The molecule has 1 aromatic heterocycles. The van der Waals surface area contributed by atoms with Crippen LogP contribution in [-0.4, -0.2) is 41.9 Å². The highest BCUT2D eigenvalue weighted by Crippen LogP contribution is 2.45. The van der Waals surface area contributed by atoms with Crippen molar-refractivity contribution in [2.75, 3.05) is 20.3 Å². The average molecular weight is 308 g/mol. The Kier molecular flexibility index (Phi) is 3.77. The standard InChI is InChI=1S/C16H24N2O4/c1-15(2,3)18-13(14(19)20-4)9-12(17-18)11-5-6-16(10-11)21-7-8-22-16/h9,11H,5-8,10H2,1-4H3. The van der Waals surface area contributed by atoms with Gasteiger partial charge in [0.05, 0.1) is 31.6 Å². The molecule has 0 aromatic carbocycles. The third-order valence-electron chi connectivity index (χ3n) is 4.42. The first-order valence-electron chi connectivity index (χ1n) is 7.81. The maximum absolute atomic E-state index is 12.0. The maximum Gasteiger partial charge on any atom is 0.356 e. The first-order chi connectivity index (χ1) is 10.3. The second kappa shape index (κ2) is 5.35. The van der Waals surface area contributed by atoms with Crippen molar-refractivity contribution in [3.8, 4) is 0 Å². The van der Waals surface area contributed by atoms with Crippen molar-refractivity contribution in [1.82, 2.24) is 9.78 Å². The Hall–Kier alpha value is -1.40. The number of aromatic nitrogens is 2. The zero-order chi connectivity index (χ0) is 16.0. The van der Waals surface area contributed by atoms with E-state index in [0.717, 1.165) is 25.0 Å². The predicted octanol–water partition coefficient (Wildman–Crippen LogP) is 2.44. The van der Waals surface area contributed by atoms with Gasteiger partial charge in [-0.2, -0.15) is 5.10 Å². The quantitative estimate of drug-likeness (QED) is 0.785. The van der Waals surface area contributed by atoms with E-state index in [1.807, 2.05) is 26.8 Å². The molecule has 2 aliphatic rings. The highest BCUT2D eigenvalue weighted by atomic mass is 16.7. The van der Waals surface area contributed by atoms with Crippen LogP contribution >= 0.6 is 0 Å². The Morgan fingerprint density at radius 1 is 1.41 bits per heavy atom. The fourth-order valence-corrected chi connectivity index (χ4v) is 3.35. The van der Waals surface area contributed by atoms with Crippen molar-refractivity contribution in [3.63, 3.8) is 0 Å². The van der Waals surface area contributed by atoms with Crippen molar-refractivity contribution < 1.29 is 19.0 Å². The second-order valence-corrected chi connectivity index (χ2v) is 7.08. The zero-order valence-electron chi connectivity index (χ0n) is 13.7. The molecule has 1 saturated heterocycles. The Bertz CT molecular complexity index is 567. The van der Waals surface area contributed by atoms with Gasteiger partial charge in [-0.15, -0.1) is 0 Å². The Balaban J connectivity index is 1.89. The van der Waals surface area contributed by atoms with Crippen LogP contribution in [0.3, 0.4) is 0 Å². The highest BCUT2D eigenvalue weighted by Gasteiger charge is 2.45. The van der Waals surface area contributed by atoms with E-state index >= 15 is 0 Å². The minimum absolute atomic E-state index is 0.255. The van der Waals surface area contributed by atoms with Gasteiger partial charge in [-0.25, -0.2) is 4.79 Å². The van der Waals surface area contributed by atoms with E-state index in [2.05, 4.69) is 0 Å². The molecule has 2 heterocycles. The van der Waals surface area contributed by atoms with E-state index in [9.17, 15) is 4.79 Å². The SMILES string of the molecule is COC(=O)c1cc(C2CCC3(C2)OCCO3)nn1C(C)(C)C. The number of hydrogen-bond acceptors (Lipinski definition) is 5. The monoisotopic (exact) mass is 308 g/mol. The molecule has 2 fully saturated rings. The van der Waals surface area contributed by atoms with Crippen LogP contribution in [0.25, 0.3) is 0 Å². The number of carbonyl (C=O) groups is 1. The van der Waals surface area contributed by atoms with E-state index in [1.165, 1.54) is 7.11 Å². The van der Waals surface area contributed by atoms with E-state index in [-0.39, 0.29) is 17.4 Å². The summed E-state index contributed by atoms with van der Waals surface area (Å²) in [5, 5.41) is 4.69. The van der Waals surface area contributed by atoms with Crippen LogP contribution in [0.4, 0.5) is 0 Å². The number of methoxy groups -OCH3 is 1. The van der Waals surface area contributed by atoms with Gasteiger partial charge in [0.15, 0.2) is 5.79 Å². The summed E-state index contributed by atoms with van der Waals surface area (Å²) in [6, 6.07) is 1.86. The number of nitrogens with zero attached hydrogens (tertiary/aromatic N) is 2. The molecular formula is C16H24N2O4. The molecule has 1 aliphatic heterocycles. The molecule has 122 valence electrons. The van der Waals surface area contributed by atoms with Gasteiger partial charge in [-0.1, -0.05) is 0 Å². The molecule has 0 amide bonds. The largest absolute Gasteiger partial charge is 0.464 e. The van der Waals surface area contributed by atoms with Crippen molar-refractivity contribution in [2.24, 2.45) is 0 Å². The van der Waals surface area contributed by atoms with Crippen LogP contribution < -0.4 is 0 Å². The number of carbonyl (C=O) groups excluding carboxylic acids is 1. The van der Waals surface area contributed by atoms with Gasteiger partial charge in [-0.05, 0) is 33.3 Å². The molecule has 1 saturated carbocycles. The number of esters is 1. The third kappa shape index (κ3) is 2.65. The van der Waals surface area contributed by atoms with Crippen LogP contribution in [0.2, 0.25) is 0 Å². The molecular weight excluding hydrogens is 284 g/mol. The van der Waals surface area contributed by atoms with E-state index in [4.69, 9.17) is 19.3 Å². The van der Waals surface area contributed by atoms with Gasteiger partial charge in [0, 0.05) is 18.8 Å². The Morgan fingerprint density at radius 2 is 2.09 bits per heavy atom. The lowest BCUT2D eigenvalue weighted by Crippen LogP contribution is -2.27. The molecule has 0 radical (unpaired) electrons. The minimum atomic E-state index is -0.429. The summed E-state index contributed by atoms with van der Waals surface area (Å²) >= 11 is 0. The van der Waals surface area contributed by atoms with Gasteiger partial charge >= 0.3 is 5.97 Å². The first kappa shape index (κ1) is 15.5. The Labute approximate surface area is 130 Å². The molecule has 0 N–H and O–H groups in total. The number of ether oxygens (including phenoxy) is 3. The minimum Gasteiger partial charge on any atom is -0.464 e. The summed E-state index contributed by atoms with van der Waals surface area (Å²) in [5.74, 6) is -0.526. The van der Waals surface area contributed by atoms with E-state index in [0.29, 0.717) is 18.9 Å². The predicted molar refractivity (Wildman–Crippen MR) is 79.8 cm³/mol. The molecule has 22 heavy (non-hydrogen) atoms. The first-order valence-corrected chi connectivity index (χ1v) is 7.81. The van der Waals surface area contributed by atoms with Crippen molar-refractivity contribution in [1.29, 1.82) is 0 Å². The van der Waals surface area contributed by atoms with Crippen molar-refractivity contribution in [2.45, 2.75) is 57.3 Å². The summed E-state index contributed by atoms with van der Waals surface area (Å²) in [5.41, 5.74) is 1.14. The lowest BCUT2D eigenvalue weighted by Gasteiger charge is -2.22. The summed E-state index contributed by atoms with van der Waals surface area (Å²) < 4.78 is 18.2. The molecule has 1 aliphatic carbocycles. The molecule has 1 atom stereocenters. The van der Waals surface area contributed by atoms with Crippen LogP contribution in [0.5, 0.6) is 0 Å². The lowest BCUT2D eigenvalue weighted by molar-refractivity contribution is -0.151. The third-order valence-corrected chi connectivity index (χ3v) is 4.42. The van der Waals surface area contributed by atoms with Crippen molar-refractivity contribution >= 4 is 5.97 Å². The van der Waals surface area contributed by atoms with Crippen molar-refractivity contribution in [3.05, 3.63) is 17.5 Å². The van der Waals surface area contributed by atoms with Gasteiger partial charge in [-0.3, -0.25) is 4.68 Å². The second-order valence-electron chi connectivity index (χ2n) is 7.08. The normalized spacial score (nSPS) is 24.1. The number of hydrogen-bond donors (Lipinski definition) is 0. The zero-order valence-corrected chi connectivity index (χ0v) is 13.7. The molecule has 1 aromatic rings. The van der Waals surface area contributed by atoms with E-state index in [1.54, 1.807) is 4.68 Å². The van der Waals surface area contributed by atoms with Gasteiger partial charge in [0.25, 0.3) is 0 Å². The smallest absolute Gasteiger partial charge is 0.356 e. The summed E-state index contributed by atoms with van der Waals surface area (Å²) in [4.78, 5) is 12.0. The number of rotatable bonds is 2. The van der Waals surface area contributed by atoms with Gasteiger partial charge in [0.1, 0.15) is 5.69 Å². The van der Waals surface area contributed by atoms with Crippen LogP contribution in [0.1, 0.15) is 62.1 Å². The summed E-state index contributed by atoms with van der Waals surface area (Å²) in [7, 11) is 1.40. The molecule has 6 heteroatoms. The van der Waals surface area contributed by atoms with Crippen LogP contribution in [-0.2, 0) is 19.7 Å². The molecule has 3 rings (SSSR count). The van der Waals surface area contributed by atoms with Crippen LogP contribution in [0, 0.1) is 0 Å². The molecule has 0 bridgehead atoms. The fraction of sp³-hybridized carbons (Fsp3) is 0.750. The summed E-state index contributed by atoms with van der Waals surface area (Å²) in [6.45, 7) is 7.40. The summed E-state index contributed by atoms with van der Waals surface area (Å²) in [6.07, 6.45) is 2.64. The van der Waals surface area contributed by atoms with Gasteiger partial charge in [0.2, 0.25) is 0 Å². The average Bonchev–Trinajstić information content (AvgIpc) is 3.17. The molecule has 1 spiro atoms. The van der Waals surface area contributed by atoms with Gasteiger partial charge < -0.3 is 14.2 Å². The van der Waals surface area contributed by atoms with E-state index < -0.39 is 5.79 Å². The molecule has 1 unspecified atom stereocenters. The lowest BCUT2D eigenvalue weighted by atomic mass is 10.0. The maximum atomic E-state index is 12.0. The Morgan fingerprint density at radius 3 is 2.68 bits per heavy atom. The topological polar surface area (TPSA) is 62.6 Å². The van der Waals surface area contributed by atoms with Crippen LogP contribution in [0.15, 0.2) is 6.07 Å². The highest BCUT2D eigenvalue weighted by molar-refractivity contribution is 5.87.